The number of likely N-dealkylation sites (tertiary alicyclic amines) is 1. The number of H-pyrrole nitrogens is 1. The van der Waals surface area contributed by atoms with E-state index in [0.717, 1.165) is 24.4 Å². The topological polar surface area (TPSA) is 58.2 Å². The Labute approximate surface area is 132 Å². The molecule has 22 heavy (non-hydrogen) atoms. The summed E-state index contributed by atoms with van der Waals surface area (Å²) >= 11 is 0. The standard InChI is InChI=1S/C17H27N3O2/c1-11-10-18-15(19-11)14-9-12-7-5-6-8-13(12)20(14)16(21)22-17(2,3)4/h10,12-14H,5-9H2,1-4H3,(H,18,19)/t12-,13-,14-/m0/s1. The highest BCUT2D eigenvalue weighted by molar-refractivity contribution is 5.69. The Bertz CT molecular complexity index is 546. The molecule has 2 heterocycles. The van der Waals surface area contributed by atoms with Crippen LogP contribution < -0.4 is 0 Å². The van der Waals surface area contributed by atoms with Gasteiger partial charge in [0.1, 0.15) is 11.4 Å². The number of nitrogens with one attached hydrogen (secondary N) is 1. The maximum Gasteiger partial charge on any atom is 0.411 e. The highest BCUT2D eigenvalue weighted by Gasteiger charge is 2.47. The van der Waals surface area contributed by atoms with Gasteiger partial charge in [-0.1, -0.05) is 12.8 Å². The van der Waals surface area contributed by atoms with E-state index in [2.05, 4.69) is 9.97 Å². The second-order valence-corrected chi connectivity index (χ2v) is 7.70. The molecule has 2 fully saturated rings. The van der Waals surface area contributed by atoms with Crippen molar-refractivity contribution in [2.24, 2.45) is 5.92 Å². The van der Waals surface area contributed by atoms with Crippen LogP contribution in [-0.4, -0.2) is 32.6 Å². The highest BCUT2D eigenvalue weighted by atomic mass is 16.6. The van der Waals surface area contributed by atoms with Gasteiger partial charge in [0.2, 0.25) is 0 Å². The third-order valence-corrected chi connectivity index (χ3v) is 4.73. The van der Waals surface area contributed by atoms with Gasteiger partial charge in [-0.25, -0.2) is 9.78 Å². The predicted octanol–water partition coefficient (Wildman–Crippen LogP) is 3.96. The number of fused-ring (bicyclic) bond motifs is 1. The lowest BCUT2D eigenvalue weighted by Gasteiger charge is -2.34. The van der Waals surface area contributed by atoms with Gasteiger partial charge in [-0.2, -0.15) is 0 Å². The van der Waals surface area contributed by atoms with Crippen LogP contribution in [0.1, 0.15) is 70.4 Å². The molecule has 1 saturated carbocycles. The lowest BCUT2D eigenvalue weighted by Crippen LogP contribution is -2.43. The second kappa shape index (κ2) is 5.60. The minimum absolute atomic E-state index is 0.0247. The first kappa shape index (κ1) is 15.4. The summed E-state index contributed by atoms with van der Waals surface area (Å²) in [5.41, 5.74) is 0.571. The van der Waals surface area contributed by atoms with Crippen molar-refractivity contribution in [3.8, 4) is 0 Å². The molecule has 3 atom stereocenters. The molecule has 5 heteroatoms. The van der Waals surface area contributed by atoms with Crippen molar-refractivity contribution in [3.05, 3.63) is 17.7 Å². The first-order valence-electron chi connectivity index (χ1n) is 8.38. The number of hydrogen-bond acceptors (Lipinski definition) is 3. The van der Waals surface area contributed by atoms with Gasteiger partial charge in [0, 0.05) is 17.9 Å². The molecule has 1 aromatic heterocycles. The number of carbonyl (C=O) groups excluding carboxylic acids is 1. The number of imidazole rings is 1. The van der Waals surface area contributed by atoms with Crippen LogP contribution >= 0.6 is 0 Å². The second-order valence-electron chi connectivity index (χ2n) is 7.70. The number of aryl methyl sites for hydroxylation is 1. The Hall–Kier alpha value is -1.52. The molecule has 0 aromatic carbocycles. The zero-order chi connectivity index (χ0) is 15.9. The van der Waals surface area contributed by atoms with Crippen LogP contribution in [0.4, 0.5) is 4.79 Å². The summed E-state index contributed by atoms with van der Waals surface area (Å²) in [6, 6.07) is 0.329. The van der Waals surface area contributed by atoms with Crippen molar-refractivity contribution in [3.63, 3.8) is 0 Å². The third-order valence-electron chi connectivity index (χ3n) is 4.73. The summed E-state index contributed by atoms with van der Waals surface area (Å²) in [5.74, 6) is 1.48. The van der Waals surface area contributed by atoms with Crippen molar-refractivity contribution < 1.29 is 9.53 Å². The van der Waals surface area contributed by atoms with Crippen LogP contribution in [-0.2, 0) is 4.74 Å². The molecule has 2 aliphatic rings. The SMILES string of the molecule is Cc1cnc([C@@H]2C[C@@H]3CCCC[C@@H]3N2C(=O)OC(C)(C)C)[nH]1. The first-order chi connectivity index (χ1) is 10.3. The molecule has 1 aliphatic carbocycles. The Morgan fingerprint density at radius 2 is 2.09 bits per heavy atom. The lowest BCUT2D eigenvalue weighted by atomic mass is 9.85. The fourth-order valence-electron chi connectivity index (χ4n) is 3.88. The van der Waals surface area contributed by atoms with Crippen LogP contribution in [0.5, 0.6) is 0 Å². The van der Waals surface area contributed by atoms with Crippen molar-refractivity contribution in [1.29, 1.82) is 0 Å². The number of nitrogens with zero attached hydrogens (tertiary/aromatic N) is 2. The molecular formula is C17H27N3O2. The van der Waals surface area contributed by atoms with Crippen molar-refractivity contribution in [1.82, 2.24) is 14.9 Å². The highest BCUT2D eigenvalue weighted by Crippen LogP contribution is 2.46. The van der Waals surface area contributed by atoms with Gasteiger partial charge in [-0.15, -0.1) is 0 Å². The Morgan fingerprint density at radius 3 is 2.73 bits per heavy atom. The van der Waals surface area contributed by atoms with E-state index in [1.54, 1.807) is 0 Å². The van der Waals surface area contributed by atoms with E-state index in [1.165, 1.54) is 19.3 Å². The molecule has 1 saturated heterocycles. The van der Waals surface area contributed by atoms with E-state index in [9.17, 15) is 4.79 Å². The number of aromatic amines is 1. The predicted molar refractivity (Wildman–Crippen MR) is 84.5 cm³/mol. The molecule has 122 valence electrons. The van der Waals surface area contributed by atoms with Crippen molar-refractivity contribution >= 4 is 6.09 Å². The maximum atomic E-state index is 12.8. The van der Waals surface area contributed by atoms with Gasteiger partial charge < -0.3 is 9.72 Å². The Kier molecular flexibility index (Phi) is 3.91. The van der Waals surface area contributed by atoms with Gasteiger partial charge in [-0.3, -0.25) is 4.90 Å². The summed E-state index contributed by atoms with van der Waals surface area (Å²) in [6.45, 7) is 7.76. The summed E-state index contributed by atoms with van der Waals surface area (Å²) in [7, 11) is 0. The fraction of sp³-hybridized carbons (Fsp3) is 0.765. The smallest absolute Gasteiger partial charge is 0.411 e. The van der Waals surface area contributed by atoms with Gasteiger partial charge in [-0.05, 0) is 52.9 Å². The number of amides is 1. The Balaban J connectivity index is 1.88. The average Bonchev–Trinajstić information content (AvgIpc) is 2.99. The minimum atomic E-state index is -0.465. The van der Waals surface area contributed by atoms with Crippen LogP contribution in [0.15, 0.2) is 6.20 Å². The number of carbonyl (C=O) groups is 1. The van der Waals surface area contributed by atoms with Gasteiger partial charge >= 0.3 is 6.09 Å². The van der Waals surface area contributed by atoms with E-state index in [1.807, 2.05) is 38.8 Å². The summed E-state index contributed by atoms with van der Waals surface area (Å²) in [6.07, 6.45) is 7.40. The van der Waals surface area contributed by atoms with Crippen molar-refractivity contribution in [2.75, 3.05) is 0 Å². The summed E-state index contributed by atoms with van der Waals surface area (Å²) in [5, 5.41) is 0. The zero-order valence-electron chi connectivity index (χ0n) is 14.1. The minimum Gasteiger partial charge on any atom is -0.444 e. The number of hydrogen-bond donors (Lipinski definition) is 1. The molecule has 0 unspecified atom stereocenters. The van der Waals surface area contributed by atoms with Crippen LogP contribution in [0.3, 0.4) is 0 Å². The Morgan fingerprint density at radius 1 is 1.36 bits per heavy atom. The monoisotopic (exact) mass is 305 g/mol. The number of ether oxygens (including phenoxy) is 1. The van der Waals surface area contributed by atoms with E-state index in [4.69, 9.17) is 4.74 Å². The normalized spacial score (nSPS) is 28.5. The molecule has 0 radical (unpaired) electrons. The van der Waals surface area contributed by atoms with Gasteiger partial charge in [0.05, 0.1) is 6.04 Å². The van der Waals surface area contributed by atoms with E-state index < -0.39 is 5.60 Å². The van der Waals surface area contributed by atoms with E-state index in [0.29, 0.717) is 12.0 Å². The number of rotatable bonds is 1. The molecule has 1 N–H and O–H groups in total. The summed E-state index contributed by atoms with van der Waals surface area (Å²) in [4.78, 5) is 22.5. The molecule has 5 nitrogen and oxygen atoms in total. The van der Waals surface area contributed by atoms with Crippen molar-refractivity contribution in [2.45, 2.75) is 77.5 Å². The first-order valence-corrected chi connectivity index (χ1v) is 8.38. The van der Waals surface area contributed by atoms with Crippen LogP contribution in [0.2, 0.25) is 0 Å². The molecule has 0 spiro atoms. The maximum absolute atomic E-state index is 12.8. The third kappa shape index (κ3) is 2.99. The average molecular weight is 305 g/mol. The van der Waals surface area contributed by atoms with E-state index in [-0.39, 0.29) is 12.1 Å². The fourth-order valence-corrected chi connectivity index (χ4v) is 3.88. The van der Waals surface area contributed by atoms with Crippen LogP contribution in [0.25, 0.3) is 0 Å². The summed E-state index contributed by atoms with van der Waals surface area (Å²) < 4.78 is 5.67. The lowest BCUT2D eigenvalue weighted by molar-refractivity contribution is 0.00950. The molecule has 1 amide bonds. The molecule has 1 aromatic rings. The zero-order valence-corrected chi connectivity index (χ0v) is 14.1. The molecule has 1 aliphatic heterocycles. The van der Waals surface area contributed by atoms with E-state index >= 15 is 0 Å². The number of aromatic nitrogens is 2. The molecule has 3 rings (SSSR count). The molecule has 0 bridgehead atoms. The van der Waals surface area contributed by atoms with Crippen LogP contribution in [0, 0.1) is 12.8 Å². The van der Waals surface area contributed by atoms with Gasteiger partial charge in [0.15, 0.2) is 0 Å². The largest absolute Gasteiger partial charge is 0.444 e. The van der Waals surface area contributed by atoms with Gasteiger partial charge in [0.25, 0.3) is 0 Å². The molecular weight excluding hydrogens is 278 g/mol. The quantitative estimate of drug-likeness (QED) is 0.854.